The van der Waals surface area contributed by atoms with Gasteiger partial charge in [-0.2, -0.15) is 0 Å². The van der Waals surface area contributed by atoms with Crippen LogP contribution in [0.5, 0.6) is 0 Å². The molecule has 1 atom stereocenters. The van der Waals surface area contributed by atoms with E-state index in [0.717, 1.165) is 22.9 Å². The summed E-state index contributed by atoms with van der Waals surface area (Å²) in [5.74, 6) is 0.943. The Bertz CT molecular complexity index is 704. The Hall–Kier alpha value is -1.08. The Balaban J connectivity index is 1.99. The number of rotatable bonds is 3. The summed E-state index contributed by atoms with van der Waals surface area (Å²) in [6.45, 7) is 3.12. The maximum atomic E-state index is 12.9. The van der Waals surface area contributed by atoms with Crippen molar-refractivity contribution in [3.63, 3.8) is 0 Å². The second kappa shape index (κ2) is 6.58. The highest BCUT2D eigenvalue weighted by atomic mass is 35.5. The van der Waals surface area contributed by atoms with Crippen molar-refractivity contribution >= 4 is 40.6 Å². The van der Waals surface area contributed by atoms with Gasteiger partial charge in [0.25, 0.3) is 5.91 Å². The van der Waals surface area contributed by atoms with E-state index >= 15 is 0 Å². The number of amides is 1. The summed E-state index contributed by atoms with van der Waals surface area (Å²) in [6.07, 6.45) is 0. The smallest absolute Gasteiger partial charge is 0.267 e. The number of halogens is 1. The van der Waals surface area contributed by atoms with Crippen molar-refractivity contribution in [3.8, 4) is 11.3 Å². The average Bonchev–Trinajstić information content (AvgIpc) is 3.12. The number of thiazole rings is 1. The number of aromatic nitrogens is 1. The summed E-state index contributed by atoms with van der Waals surface area (Å²) >= 11 is 9.22. The molecule has 0 bridgehead atoms. The first-order chi connectivity index (χ1) is 10.6. The van der Waals surface area contributed by atoms with Crippen LogP contribution in [-0.2, 0) is 0 Å². The lowest BCUT2D eigenvalue weighted by Crippen LogP contribution is -2.38. The van der Waals surface area contributed by atoms with Crippen molar-refractivity contribution in [2.75, 3.05) is 18.8 Å². The maximum Gasteiger partial charge on any atom is 0.267 e. The first-order valence-electron chi connectivity index (χ1n) is 6.96. The van der Waals surface area contributed by atoms with E-state index in [2.05, 4.69) is 4.98 Å². The van der Waals surface area contributed by atoms with Gasteiger partial charge in [-0.1, -0.05) is 23.7 Å². The van der Waals surface area contributed by atoms with Gasteiger partial charge < -0.3 is 10.6 Å². The molecule has 2 heterocycles. The van der Waals surface area contributed by atoms with Gasteiger partial charge in [0, 0.05) is 29.4 Å². The second-order valence-corrected chi connectivity index (χ2v) is 7.91. The van der Waals surface area contributed by atoms with Gasteiger partial charge in [-0.15, -0.1) is 23.1 Å². The highest BCUT2D eigenvalue weighted by Crippen LogP contribution is 2.33. The molecule has 1 saturated heterocycles. The fourth-order valence-electron chi connectivity index (χ4n) is 2.48. The molecule has 1 aromatic carbocycles. The molecular formula is C15H16ClN3OS2. The van der Waals surface area contributed by atoms with Crippen molar-refractivity contribution in [1.29, 1.82) is 0 Å². The number of hydrogen-bond donors (Lipinski definition) is 1. The number of nitrogens with zero attached hydrogens (tertiary/aromatic N) is 2. The van der Waals surface area contributed by atoms with Crippen LogP contribution in [-0.4, -0.2) is 40.0 Å². The zero-order valence-corrected chi connectivity index (χ0v) is 14.5. The Morgan fingerprint density at radius 3 is 3.09 bits per heavy atom. The predicted octanol–water partition coefficient (Wildman–Crippen LogP) is 3.25. The summed E-state index contributed by atoms with van der Waals surface area (Å²) in [5, 5.41) is 1.56. The van der Waals surface area contributed by atoms with Crippen LogP contribution in [0, 0.1) is 6.92 Å². The predicted molar refractivity (Wildman–Crippen MR) is 93.6 cm³/mol. The summed E-state index contributed by atoms with van der Waals surface area (Å²) in [5.41, 5.74) is 7.35. The first kappa shape index (κ1) is 15.8. The number of thioether (sulfide) groups is 1. The van der Waals surface area contributed by atoms with Gasteiger partial charge >= 0.3 is 0 Å². The Kier molecular flexibility index (Phi) is 4.73. The molecule has 4 nitrogen and oxygen atoms in total. The van der Waals surface area contributed by atoms with Gasteiger partial charge in [-0.05, 0) is 19.1 Å². The molecule has 1 unspecified atom stereocenters. The molecular weight excluding hydrogens is 338 g/mol. The first-order valence-corrected chi connectivity index (χ1v) is 9.20. The van der Waals surface area contributed by atoms with Crippen LogP contribution in [0.2, 0.25) is 5.02 Å². The van der Waals surface area contributed by atoms with Crippen molar-refractivity contribution in [2.45, 2.75) is 12.3 Å². The maximum absolute atomic E-state index is 12.9. The molecule has 1 aromatic heterocycles. The van der Waals surface area contributed by atoms with E-state index in [0.29, 0.717) is 22.1 Å². The lowest BCUT2D eigenvalue weighted by molar-refractivity contribution is 0.0769. The van der Waals surface area contributed by atoms with Crippen LogP contribution >= 0.6 is 34.7 Å². The molecule has 1 amide bonds. The summed E-state index contributed by atoms with van der Waals surface area (Å²) in [6, 6.07) is 7.45. The van der Waals surface area contributed by atoms with Crippen molar-refractivity contribution < 1.29 is 4.79 Å². The quantitative estimate of drug-likeness (QED) is 0.920. The van der Waals surface area contributed by atoms with Gasteiger partial charge in [-0.25, -0.2) is 4.98 Å². The topological polar surface area (TPSA) is 59.2 Å². The minimum atomic E-state index is 0.0148. The van der Waals surface area contributed by atoms with E-state index in [1.807, 2.05) is 36.1 Å². The molecule has 0 saturated carbocycles. The van der Waals surface area contributed by atoms with E-state index < -0.39 is 0 Å². The molecule has 0 aliphatic carbocycles. The summed E-state index contributed by atoms with van der Waals surface area (Å²) in [4.78, 5) is 20.0. The van der Waals surface area contributed by atoms with Crippen molar-refractivity contribution in [1.82, 2.24) is 9.88 Å². The monoisotopic (exact) mass is 353 g/mol. The highest BCUT2D eigenvalue weighted by Gasteiger charge is 2.31. The standard InChI is InChI=1S/C15H16ClN3OS2/c1-9-18-13(10-3-2-4-11(16)7-10)14(22-9)15(20)19-5-6-21-12(19)8-17/h2-4,7,12H,5-6,8,17H2,1H3. The molecule has 7 heteroatoms. The van der Waals surface area contributed by atoms with Gasteiger partial charge in [0.1, 0.15) is 4.88 Å². The number of carbonyl (C=O) groups is 1. The van der Waals surface area contributed by atoms with Crippen LogP contribution in [0.3, 0.4) is 0 Å². The van der Waals surface area contributed by atoms with Crippen LogP contribution in [0.4, 0.5) is 0 Å². The van der Waals surface area contributed by atoms with Gasteiger partial charge in [0.15, 0.2) is 0 Å². The van der Waals surface area contributed by atoms with E-state index in [1.54, 1.807) is 11.8 Å². The molecule has 3 rings (SSSR count). The fraction of sp³-hybridized carbons (Fsp3) is 0.333. The van der Waals surface area contributed by atoms with E-state index in [9.17, 15) is 4.79 Å². The highest BCUT2D eigenvalue weighted by molar-refractivity contribution is 8.00. The molecule has 1 aliphatic rings. The van der Waals surface area contributed by atoms with Crippen LogP contribution in [0.25, 0.3) is 11.3 Å². The zero-order valence-electron chi connectivity index (χ0n) is 12.1. The molecule has 1 fully saturated rings. The third-order valence-electron chi connectivity index (χ3n) is 3.48. The summed E-state index contributed by atoms with van der Waals surface area (Å²) < 4.78 is 0. The number of carbonyl (C=O) groups excluding carboxylic acids is 1. The fourth-order valence-corrected chi connectivity index (χ4v) is 4.66. The van der Waals surface area contributed by atoms with Gasteiger partial charge in [0.2, 0.25) is 0 Å². The van der Waals surface area contributed by atoms with Crippen LogP contribution in [0.15, 0.2) is 24.3 Å². The third kappa shape index (κ3) is 3.01. The van der Waals surface area contributed by atoms with E-state index in [-0.39, 0.29) is 11.3 Å². The van der Waals surface area contributed by atoms with Gasteiger partial charge in [0.05, 0.1) is 16.1 Å². The van der Waals surface area contributed by atoms with E-state index in [1.165, 1.54) is 11.3 Å². The number of nitrogens with two attached hydrogens (primary N) is 1. The Morgan fingerprint density at radius 1 is 1.55 bits per heavy atom. The second-order valence-electron chi connectivity index (χ2n) is 4.98. The van der Waals surface area contributed by atoms with Crippen LogP contribution < -0.4 is 5.73 Å². The largest absolute Gasteiger partial charge is 0.328 e. The van der Waals surface area contributed by atoms with Crippen molar-refractivity contribution in [3.05, 3.63) is 39.2 Å². The lowest BCUT2D eigenvalue weighted by Gasteiger charge is -2.22. The lowest BCUT2D eigenvalue weighted by atomic mass is 10.1. The molecule has 116 valence electrons. The summed E-state index contributed by atoms with van der Waals surface area (Å²) in [7, 11) is 0. The molecule has 2 N–H and O–H groups in total. The number of hydrogen-bond acceptors (Lipinski definition) is 5. The minimum Gasteiger partial charge on any atom is -0.328 e. The minimum absolute atomic E-state index is 0.0148. The SMILES string of the molecule is Cc1nc(-c2cccc(Cl)c2)c(C(=O)N2CCSC2CN)s1. The number of benzene rings is 1. The molecule has 0 radical (unpaired) electrons. The Morgan fingerprint density at radius 2 is 2.36 bits per heavy atom. The van der Waals surface area contributed by atoms with Crippen LogP contribution in [0.1, 0.15) is 14.7 Å². The zero-order chi connectivity index (χ0) is 15.7. The molecule has 0 spiro atoms. The molecule has 1 aliphatic heterocycles. The van der Waals surface area contributed by atoms with E-state index in [4.69, 9.17) is 17.3 Å². The molecule has 2 aromatic rings. The third-order valence-corrected chi connectivity index (χ3v) is 5.92. The molecule has 22 heavy (non-hydrogen) atoms. The Labute approximate surface area is 142 Å². The van der Waals surface area contributed by atoms with Crippen molar-refractivity contribution in [2.24, 2.45) is 5.73 Å². The van der Waals surface area contributed by atoms with Gasteiger partial charge in [-0.3, -0.25) is 4.79 Å². The average molecular weight is 354 g/mol. The number of aryl methyl sites for hydroxylation is 1. The normalized spacial score (nSPS) is 18.0.